The third kappa shape index (κ3) is 3.13. The van der Waals surface area contributed by atoms with Gasteiger partial charge in [-0.2, -0.15) is 0 Å². The van der Waals surface area contributed by atoms with Gasteiger partial charge in [0, 0.05) is 5.56 Å². The molecule has 1 unspecified atom stereocenters. The minimum absolute atomic E-state index is 0.364. The van der Waals surface area contributed by atoms with Crippen molar-refractivity contribution in [2.75, 3.05) is 14.2 Å². The van der Waals surface area contributed by atoms with Crippen molar-refractivity contribution < 1.29 is 9.64 Å². The van der Waals surface area contributed by atoms with Crippen LogP contribution in [0.5, 0.6) is 5.75 Å². The molecule has 1 heterocycles. The minimum Gasteiger partial charge on any atom is -0.497 e. The minimum atomic E-state index is 0.364. The predicted octanol–water partition coefficient (Wildman–Crippen LogP) is 3.08. The summed E-state index contributed by atoms with van der Waals surface area (Å²) in [5.74, 6) is 0.915. The largest absolute Gasteiger partial charge is 0.497 e. The molecule has 0 saturated carbocycles. The van der Waals surface area contributed by atoms with Crippen molar-refractivity contribution in [3.63, 3.8) is 0 Å². The third-order valence-electron chi connectivity index (χ3n) is 4.04. The lowest BCUT2D eigenvalue weighted by Crippen LogP contribution is -3.07. The molecule has 0 saturated heterocycles. The predicted molar refractivity (Wildman–Crippen MR) is 91.6 cm³/mol. The fourth-order valence-corrected chi connectivity index (χ4v) is 3.66. The van der Waals surface area contributed by atoms with Gasteiger partial charge in [-0.25, -0.2) is 4.98 Å². The van der Waals surface area contributed by atoms with Crippen LogP contribution >= 0.6 is 11.3 Å². The summed E-state index contributed by atoms with van der Waals surface area (Å²) in [6.07, 6.45) is 0. The molecule has 114 valence electrons. The van der Waals surface area contributed by atoms with E-state index in [9.17, 15) is 0 Å². The van der Waals surface area contributed by atoms with Crippen LogP contribution in [0.4, 0.5) is 0 Å². The van der Waals surface area contributed by atoms with Crippen LogP contribution in [0, 0.1) is 0 Å². The summed E-state index contributed by atoms with van der Waals surface area (Å²) >= 11 is 1.80. The molecule has 2 aromatic carbocycles. The second-order valence-corrected chi connectivity index (χ2v) is 6.68. The van der Waals surface area contributed by atoms with Crippen LogP contribution < -0.4 is 9.64 Å². The van der Waals surface area contributed by atoms with Gasteiger partial charge in [-0.05, 0) is 31.2 Å². The topological polar surface area (TPSA) is 26.6 Å². The van der Waals surface area contributed by atoms with Crippen molar-refractivity contribution >= 4 is 21.6 Å². The molecule has 3 rings (SSSR count). The quantitative estimate of drug-likeness (QED) is 0.783. The van der Waals surface area contributed by atoms with E-state index in [0.29, 0.717) is 6.04 Å². The van der Waals surface area contributed by atoms with E-state index in [4.69, 9.17) is 9.72 Å². The van der Waals surface area contributed by atoms with E-state index >= 15 is 0 Å². The molecule has 0 radical (unpaired) electrons. The standard InChI is InChI=1S/C18H20N2OS/c1-13(18-19-16-9-4-5-10-17(16)22-18)20(2)12-14-7-6-8-15(11-14)21-3/h4-11,13H,12H2,1-3H3/p+1/t13-/m0/s1. The highest BCUT2D eigenvalue weighted by molar-refractivity contribution is 7.18. The molecule has 0 aliphatic rings. The Kier molecular flexibility index (Phi) is 4.41. The normalized spacial score (nSPS) is 14.0. The molecule has 1 N–H and O–H groups in total. The van der Waals surface area contributed by atoms with E-state index in [0.717, 1.165) is 17.8 Å². The molecular weight excluding hydrogens is 292 g/mol. The van der Waals surface area contributed by atoms with Crippen molar-refractivity contribution in [3.8, 4) is 5.75 Å². The van der Waals surface area contributed by atoms with Gasteiger partial charge in [-0.1, -0.05) is 24.3 Å². The highest BCUT2D eigenvalue weighted by atomic mass is 32.1. The third-order valence-corrected chi connectivity index (χ3v) is 5.26. The number of nitrogens with one attached hydrogen (secondary N) is 1. The number of benzene rings is 2. The lowest BCUT2D eigenvalue weighted by molar-refractivity contribution is -0.923. The Morgan fingerprint density at radius 2 is 2.00 bits per heavy atom. The molecule has 0 bridgehead atoms. The number of methoxy groups -OCH3 is 1. The molecule has 0 spiro atoms. The molecule has 3 nitrogen and oxygen atoms in total. The van der Waals surface area contributed by atoms with Gasteiger partial charge in [-0.15, -0.1) is 11.3 Å². The first kappa shape index (κ1) is 15.0. The average Bonchev–Trinajstić information content (AvgIpc) is 2.98. The summed E-state index contributed by atoms with van der Waals surface area (Å²) in [6, 6.07) is 17.0. The van der Waals surface area contributed by atoms with Crippen LogP contribution in [-0.4, -0.2) is 19.1 Å². The van der Waals surface area contributed by atoms with E-state index in [1.165, 1.54) is 20.2 Å². The number of nitrogens with zero attached hydrogens (tertiary/aromatic N) is 1. The Balaban J connectivity index is 1.77. The van der Waals surface area contributed by atoms with Crippen molar-refractivity contribution in [2.24, 2.45) is 0 Å². The van der Waals surface area contributed by atoms with E-state index in [2.05, 4.69) is 44.3 Å². The summed E-state index contributed by atoms with van der Waals surface area (Å²) in [5.41, 5.74) is 2.38. The highest BCUT2D eigenvalue weighted by Crippen LogP contribution is 2.24. The zero-order valence-corrected chi connectivity index (χ0v) is 14.0. The average molecular weight is 313 g/mol. The number of hydrogen-bond donors (Lipinski definition) is 1. The molecule has 0 amide bonds. The summed E-state index contributed by atoms with van der Waals surface area (Å²) in [7, 11) is 3.93. The van der Waals surface area contributed by atoms with Gasteiger partial charge in [0.1, 0.15) is 18.3 Å². The first-order valence-corrected chi connectivity index (χ1v) is 8.29. The molecule has 22 heavy (non-hydrogen) atoms. The Morgan fingerprint density at radius 3 is 2.77 bits per heavy atom. The van der Waals surface area contributed by atoms with Crippen LogP contribution in [0.25, 0.3) is 10.2 Å². The SMILES string of the molecule is COc1cccc(C[NH+](C)[C@@H](C)c2nc3ccccc3s2)c1. The fourth-order valence-electron chi connectivity index (χ4n) is 2.54. The number of quaternary nitrogens is 1. The van der Waals surface area contributed by atoms with Crippen LogP contribution in [-0.2, 0) is 6.54 Å². The van der Waals surface area contributed by atoms with Crippen molar-refractivity contribution in [1.29, 1.82) is 0 Å². The van der Waals surface area contributed by atoms with Gasteiger partial charge in [0.2, 0.25) is 0 Å². The number of fused-ring (bicyclic) bond motifs is 1. The molecule has 0 fully saturated rings. The van der Waals surface area contributed by atoms with Crippen molar-refractivity contribution in [2.45, 2.75) is 19.5 Å². The van der Waals surface area contributed by atoms with Crippen LogP contribution in [0.2, 0.25) is 0 Å². The Hall–Kier alpha value is -1.91. The van der Waals surface area contributed by atoms with E-state index in [1.54, 1.807) is 18.4 Å². The molecule has 4 heteroatoms. The first-order chi connectivity index (χ1) is 10.7. The smallest absolute Gasteiger partial charge is 0.151 e. The lowest BCUT2D eigenvalue weighted by Gasteiger charge is -2.20. The summed E-state index contributed by atoms with van der Waals surface area (Å²) in [4.78, 5) is 6.21. The number of aromatic nitrogens is 1. The summed E-state index contributed by atoms with van der Waals surface area (Å²) in [5, 5.41) is 1.20. The second-order valence-electron chi connectivity index (χ2n) is 5.62. The van der Waals surface area contributed by atoms with Crippen LogP contribution in [0.15, 0.2) is 48.5 Å². The zero-order valence-electron chi connectivity index (χ0n) is 13.2. The number of thiazole rings is 1. The van der Waals surface area contributed by atoms with Crippen LogP contribution in [0.3, 0.4) is 0 Å². The van der Waals surface area contributed by atoms with Gasteiger partial charge in [-0.3, -0.25) is 0 Å². The maximum absolute atomic E-state index is 5.30. The lowest BCUT2D eigenvalue weighted by atomic mass is 10.2. The Bertz CT molecular complexity index is 735. The molecule has 0 aliphatic carbocycles. The molecule has 1 aromatic heterocycles. The first-order valence-electron chi connectivity index (χ1n) is 7.48. The second kappa shape index (κ2) is 6.46. The molecular formula is C18H21N2OS+. The number of para-hydroxylation sites is 1. The molecule has 2 atom stereocenters. The zero-order chi connectivity index (χ0) is 15.5. The number of hydrogen-bond acceptors (Lipinski definition) is 3. The van der Waals surface area contributed by atoms with Crippen molar-refractivity contribution in [1.82, 2.24) is 4.98 Å². The van der Waals surface area contributed by atoms with Gasteiger partial charge < -0.3 is 9.64 Å². The van der Waals surface area contributed by atoms with E-state index < -0.39 is 0 Å². The van der Waals surface area contributed by atoms with Crippen LogP contribution in [0.1, 0.15) is 23.5 Å². The molecule has 3 aromatic rings. The maximum Gasteiger partial charge on any atom is 0.151 e. The number of rotatable bonds is 5. The monoisotopic (exact) mass is 313 g/mol. The highest BCUT2D eigenvalue weighted by Gasteiger charge is 2.19. The van der Waals surface area contributed by atoms with Gasteiger partial charge in [0.15, 0.2) is 5.01 Å². The molecule has 0 aliphatic heterocycles. The van der Waals surface area contributed by atoms with Crippen molar-refractivity contribution in [3.05, 3.63) is 59.1 Å². The van der Waals surface area contributed by atoms with Gasteiger partial charge in [0.05, 0.1) is 24.4 Å². The van der Waals surface area contributed by atoms with E-state index in [1.807, 2.05) is 18.2 Å². The maximum atomic E-state index is 5.30. The van der Waals surface area contributed by atoms with Gasteiger partial charge in [0.25, 0.3) is 0 Å². The Labute approximate surface area is 135 Å². The van der Waals surface area contributed by atoms with Gasteiger partial charge >= 0.3 is 0 Å². The summed E-state index contributed by atoms with van der Waals surface area (Å²) in [6.45, 7) is 3.20. The Morgan fingerprint density at radius 1 is 1.18 bits per heavy atom. The van der Waals surface area contributed by atoms with E-state index in [-0.39, 0.29) is 0 Å². The number of ether oxygens (including phenoxy) is 1. The summed E-state index contributed by atoms with van der Waals surface area (Å²) < 4.78 is 6.56. The fraction of sp³-hybridized carbons (Fsp3) is 0.278.